The van der Waals surface area contributed by atoms with E-state index in [1.807, 2.05) is 0 Å². The SMILES string of the molecule is O=C(CNC(=O)c1ccncc1)N/N=C\c1ccc(O)cc1O. The second-order valence-corrected chi connectivity index (χ2v) is 4.45. The minimum atomic E-state index is -0.526. The van der Waals surface area contributed by atoms with Crippen molar-refractivity contribution in [3.05, 3.63) is 53.9 Å². The van der Waals surface area contributed by atoms with E-state index in [2.05, 4.69) is 20.8 Å². The van der Waals surface area contributed by atoms with E-state index in [1.165, 1.54) is 42.9 Å². The summed E-state index contributed by atoms with van der Waals surface area (Å²) in [6.45, 7) is -0.250. The first-order valence-corrected chi connectivity index (χ1v) is 6.58. The molecule has 0 saturated heterocycles. The van der Waals surface area contributed by atoms with E-state index in [9.17, 15) is 14.7 Å². The fraction of sp³-hybridized carbons (Fsp3) is 0.0667. The molecule has 1 aromatic heterocycles. The summed E-state index contributed by atoms with van der Waals surface area (Å²) in [5.41, 5.74) is 2.93. The molecule has 0 radical (unpaired) electrons. The van der Waals surface area contributed by atoms with Gasteiger partial charge in [0.1, 0.15) is 11.5 Å². The van der Waals surface area contributed by atoms with Crippen LogP contribution >= 0.6 is 0 Å². The molecule has 1 aromatic carbocycles. The van der Waals surface area contributed by atoms with Crippen molar-refractivity contribution in [3.8, 4) is 11.5 Å². The van der Waals surface area contributed by atoms with E-state index in [0.29, 0.717) is 11.1 Å². The lowest BCUT2D eigenvalue weighted by molar-refractivity contribution is -0.120. The molecule has 0 unspecified atom stereocenters. The molecule has 118 valence electrons. The van der Waals surface area contributed by atoms with Crippen LogP contribution in [-0.4, -0.2) is 39.8 Å². The molecule has 0 atom stereocenters. The van der Waals surface area contributed by atoms with Crippen molar-refractivity contribution in [1.82, 2.24) is 15.7 Å². The predicted octanol–water partition coefficient (Wildman–Crippen LogP) is 0.373. The van der Waals surface area contributed by atoms with E-state index >= 15 is 0 Å². The number of amides is 2. The van der Waals surface area contributed by atoms with Gasteiger partial charge in [0, 0.05) is 29.6 Å². The van der Waals surface area contributed by atoms with Crippen molar-refractivity contribution in [3.63, 3.8) is 0 Å². The lowest BCUT2D eigenvalue weighted by atomic mass is 10.2. The molecule has 0 spiro atoms. The molecule has 4 N–H and O–H groups in total. The van der Waals surface area contributed by atoms with Crippen molar-refractivity contribution in [2.24, 2.45) is 5.10 Å². The highest BCUT2D eigenvalue weighted by Crippen LogP contribution is 2.20. The summed E-state index contributed by atoms with van der Waals surface area (Å²) in [6.07, 6.45) is 4.17. The molecule has 0 saturated carbocycles. The molecule has 2 aromatic rings. The van der Waals surface area contributed by atoms with E-state index in [-0.39, 0.29) is 18.0 Å². The number of aromatic hydroxyl groups is 2. The highest BCUT2D eigenvalue weighted by Gasteiger charge is 2.07. The quantitative estimate of drug-likeness (QED) is 0.469. The Balaban J connectivity index is 1.81. The van der Waals surface area contributed by atoms with Gasteiger partial charge in [0.2, 0.25) is 0 Å². The lowest BCUT2D eigenvalue weighted by Gasteiger charge is -2.04. The number of nitrogens with zero attached hydrogens (tertiary/aromatic N) is 2. The van der Waals surface area contributed by atoms with Crippen molar-refractivity contribution < 1.29 is 19.8 Å². The number of hydrazone groups is 1. The Morgan fingerprint density at radius 3 is 2.61 bits per heavy atom. The minimum Gasteiger partial charge on any atom is -0.508 e. The second-order valence-electron chi connectivity index (χ2n) is 4.45. The van der Waals surface area contributed by atoms with Crippen molar-refractivity contribution in [2.75, 3.05) is 6.54 Å². The minimum absolute atomic E-state index is 0.0810. The predicted molar refractivity (Wildman–Crippen MR) is 82.1 cm³/mol. The average Bonchev–Trinajstić information content (AvgIpc) is 2.55. The highest BCUT2D eigenvalue weighted by molar-refractivity contribution is 5.96. The Hall–Kier alpha value is -3.42. The Kier molecular flexibility index (Phi) is 5.24. The molecule has 0 bridgehead atoms. The largest absolute Gasteiger partial charge is 0.508 e. The van der Waals surface area contributed by atoms with Gasteiger partial charge in [-0.05, 0) is 24.3 Å². The van der Waals surface area contributed by atoms with Crippen LogP contribution in [0.3, 0.4) is 0 Å². The molecule has 1 heterocycles. The number of hydrogen-bond acceptors (Lipinski definition) is 6. The topological polar surface area (TPSA) is 124 Å². The zero-order valence-corrected chi connectivity index (χ0v) is 11.9. The van der Waals surface area contributed by atoms with Crippen molar-refractivity contribution in [2.45, 2.75) is 0 Å². The Labute approximate surface area is 131 Å². The van der Waals surface area contributed by atoms with Crippen LogP contribution in [0.15, 0.2) is 47.8 Å². The third-order valence-corrected chi connectivity index (χ3v) is 2.76. The van der Waals surface area contributed by atoms with Gasteiger partial charge in [-0.15, -0.1) is 0 Å². The third kappa shape index (κ3) is 4.81. The first-order valence-electron chi connectivity index (χ1n) is 6.58. The maximum absolute atomic E-state index is 11.7. The number of aromatic nitrogens is 1. The van der Waals surface area contributed by atoms with Gasteiger partial charge in [0.15, 0.2) is 0 Å². The van der Waals surface area contributed by atoms with Crippen molar-refractivity contribution >= 4 is 18.0 Å². The van der Waals surface area contributed by atoms with Crippen LogP contribution < -0.4 is 10.7 Å². The summed E-state index contributed by atoms with van der Waals surface area (Å²) >= 11 is 0. The van der Waals surface area contributed by atoms with Crippen LogP contribution in [0.5, 0.6) is 11.5 Å². The molecule has 2 amide bonds. The van der Waals surface area contributed by atoms with Gasteiger partial charge in [-0.2, -0.15) is 5.10 Å². The highest BCUT2D eigenvalue weighted by atomic mass is 16.3. The molecule has 0 aliphatic heterocycles. The van der Waals surface area contributed by atoms with Gasteiger partial charge in [0.25, 0.3) is 11.8 Å². The number of carbonyl (C=O) groups is 2. The first kappa shape index (κ1) is 16.0. The number of phenols is 2. The molecule has 23 heavy (non-hydrogen) atoms. The normalized spacial score (nSPS) is 10.4. The molecular formula is C15H14N4O4. The number of nitrogens with one attached hydrogen (secondary N) is 2. The van der Waals surface area contributed by atoms with E-state index < -0.39 is 11.8 Å². The van der Waals surface area contributed by atoms with Crippen molar-refractivity contribution in [1.29, 1.82) is 0 Å². The van der Waals surface area contributed by atoms with Crippen LogP contribution in [0.2, 0.25) is 0 Å². The second kappa shape index (κ2) is 7.55. The van der Waals surface area contributed by atoms with Crippen LogP contribution in [-0.2, 0) is 4.79 Å². The molecular weight excluding hydrogens is 300 g/mol. The molecule has 2 rings (SSSR count). The molecule has 0 aliphatic carbocycles. The Morgan fingerprint density at radius 1 is 1.17 bits per heavy atom. The van der Waals surface area contributed by atoms with Gasteiger partial charge in [-0.1, -0.05) is 0 Å². The molecule has 0 aliphatic rings. The van der Waals surface area contributed by atoms with Crippen LogP contribution in [0.4, 0.5) is 0 Å². The maximum atomic E-state index is 11.7. The number of benzene rings is 1. The van der Waals surface area contributed by atoms with Crippen LogP contribution in [0.25, 0.3) is 0 Å². The van der Waals surface area contributed by atoms with Gasteiger partial charge >= 0.3 is 0 Å². The average molecular weight is 314 g/mol. The fourth-order valence-corrected chi connectivity index (χ4v) is 1.62. The molecule has 8 heteroatoms. The van der Waals surface area contributed by atoms with Gasteiger partial charge in [0.05, 0.1) is 12.8 Å². The third-order valence-electron chi connectivity index (χ3n) is 2.76. The van der Waals surface area contributed by atoms with Gasteiger partial charge < -0.3 is 15.5 Å². The van der Waals surface area contributed by atoms with Gasteiger partial charge in [-0.25, -0.2) is 5.43 Å². The van der Waals surface area contributed by atoms with Crippen LogP contribution in [0, 0.1) is 0 Å². The zero-order valence-electron chi connectivity index (χ0n) is 11.9. The Bertz CT molecular complexity index is 732. The monoisotopic (exact) mass is 314 g/mol. The summed E-state index contributed by atoms with van der Waals surface area (Å²) in [7, 11) is 0. The summed E-state index contributed by atoms with van der Waals surface area (Å²) < 4.78 is 0. The summed E-state index contributed by atoms with van der Waals surface area (Å²) in [5.74, 6) is -1.18. The number of rotatable bonds is 5. The maximum Gasteiger partial charge on any atom is 0.259 e. The van der Waals surface area contributed by atoms with Crippen LogP contribution in [0.1, 0.15) is 15.9 Å². The standard InChI is InChI=1S/C15H14N4O4/c20-12-2-1-11(13(21)7-12)8-18-19-14(22)9-17-15(23)10-3-5-16-6-4-10/h1-8,20-21H,9H2,(H,17,23)(H,19,22)/b18-8-. The fourth-order valence-electron chi connectivity index (χ4n) is 1.62. The Morgan fingerprint density at radius 2 is 1.91 bits per heavy atom. The summed E-state index contributed by atoms with van der Waals surface area (Å²) in [5, 5.41) is 24.8. The zero-order chi connectivity index (χ0) is 16.7. The van der Waals surface area contributed by atoms with E-state index in [0.717, 1.165) is 6.07 Å². The number of phenolic OH excluding ortho intramolecular Hbond substituents is 2. The molecule has 8 nitrogen and oxygen atoms in total. The van der Waals surface area contributed by atoms with E-state index in [1.54, 1.807) is 0 Å². The summed E-state index contributed by atoms with van der Waals surface area (Å²) in [4.78, 5) is 27.1. The van der Waals surface area contributed by atoms with E-state index in [4.69, 9.17) is 5.11 Å². The number of pyridine rings is 1. The summed E-state index contributed by atoms with van der Waals surface area (Å²) in [6, 6.07) is 7.01. The first-order chi connectivity index (χ1) is 11.1. The number of hydrogen-bond donors (Lipinski definition) is 4. The lowest BCUT2D eigenvalue weighted by Crippen LogP contribution is -2.34. The van der Waals surface area contributed by atoms with Gasteiger partial charge in [-0.3, -0.25) is 14.6 Å². The smallest absolute Gasteiger partial charge is 0.259 e. The molecule has 0 fully saturated rings. The number of carbonyl (C=O) groups excluding carboxylic acids is 2.